The molecule has 0 amide bonds. The second kappa shape index (κ2) is 2.56. The van der Waals surface area contributed by atoms with Gasteiger partial charge >= 0.3 is 0 Å². The summed E-state index contributed by atoms with van der Waals surface area (Å²) in [4.78, 5) is 3.62. The van der Waals surface area contributed by atoms with Crippen molar-refractivity contribution in [1.29, 1.82) is 0 Å². The first-order valence-corrected chi connectivity index (χ1v) is 2.98. The molecule has 0 bridgehead atoms. The van der Waals surface area contributed by atoms with Crippen molar-refractivity contribution in [3.63, 3.8) is 0 Å². The van der Waals surface area contributed by atoms with Crippen molar-refractivity contribution in [3.8, 4) is 0 Å². The Hall–Kier alpha value is -0.250. The van der Waals surface area contributed by atoms with Crippen molar-refractivity contribution in [2.75, 3.05) is 0 Å². The van der Waals surface area contributed by atoms with Gasteiger partial charge in [0.25, 0.3) is 0 Å². The predicted molar refractivity (Wildman–Crippen MR) is 34.5 cm³/mol. The lowest BCUT2D eigenvalue weighted by atomic mass is 10.9. The molecule has 0 aliphatic carbocycles. The Morgan fingerprint density at radius 3 is 2.56 bits per heavy atom. The van der Waals surface area contributed by atoms with Crippen LogP contribution < -0.4 is 0 Å². The summed E-state index contributed by atoms with van der Waals surface area (Å²) in [6, 6.07) is 0. The zero-order valence-electron chi connectivity index (χ0n) is 4.38. The third-order valence-corrected chi connectivity index (χ3v) is 1.65. The van der Waals surface area contributed by atoms with Crippen molar-refractivity contribution >= 4 is 23.2 Å². The molecule has 0 fully saturated rings. The molecule has 5 heteroatoms. The second-order valence-electron chi connectivity index (χ2n) is 1.44. The molecular weight excluding hydrogens is 163 g/mol. The van der Waals surface area contributed by atoms with Crippen LogP contribution in [-0.2, 0) is 6.73 Å². The third kappa shape index (κ3) is 1.18. The first-order valence-electron chi connectivity index (χ1n) is 2.22. The molecule has 0 aliphatic rings. The highest BCUT2D eigenvalue weighted by atomic mass is 35.5. The summed E-state index contributed by atoms with van der Waals surface area (Å²) in [7, 11) is 0. The number of hydrogen-bond donors (Lipinski definition) is 1. The van der Waals surface area contributed by atoms with Crippen LogP contribution in [0, 0.1) is 0 Å². The van der Waals surface area contributed by atoms with E-state index >= 15 is 0 Å². The lowest BCUT2D eigenvalue weighted by Gasteiger charge is -1.93. The minimum absolute atomic E-state index is 0.196. The average molecular weight is 167 g/mol. The van der Waals surface area contributed by atoms with Crippen LogP contribution in [0.25, 0.3) is 0 Å². The van der Waals surface area contributed by atoms with Gasteiger partial charge in [-0.1, -0.05) is 23.2 Å². The maximum Gasteiger partial charge on any atom is 0.166 e. The van der Waals surface area contributed by atoms with Gasteiger partial charge < -0.3 is 5.11 Å². The molecule has 0 saturated heterocycles. The van der Waals surface area contributed by atoms with Crippen LogP contribution in [0.2, 0.25) is 10.3 Å². The van der Waals surface area contributed by atoms with Gasteiger partial charge in [0.1, 0.15) is 11.9 Å². The standard InChI is InChI=1S/C4H4Cl2N2O/c5-3-4(6)8(2-9)1-7-3/h1,9H,2H2. The van der Waals surface area contributed by atoms with E-state index < -0.39 is 0 Å². The normalized spacial score (nSPS) is 10.1. The van der Waals surface area contributed by atoms with Crippen molar-refractivity contribution < 1.29 is 5.11 Å². The number of nitrogens with zero attached hydrogens (tertiary/aromatic N) is 2. The minimum atomic E-state index is -0.196. The number of hydrogen-bond acceptors (Lipinski definition) is 2. The molecule has 0 aliphatic heterocycles. The van der Waals surface area contributed by atoms with Gasteiger partial charge in [-0.3, -0.25) is 4.57 Å². The highest BCUT2D eigenvalue weighted by molar-refractivity contribution is 6.40. The van der Waals surface area contributed by atoms with Crippen molar-refractivity contribution in [2.24, 2.45) is 0 Å². The highest BCUT2D eigenvalue weighted by Crippen LogP contribution is 2.18. The van der Waals surface area contributed by atoms with Crippen molar-refractivity contribution in [3.05, 3.63) is 16.6 Å². The average Bonchev–Trinajstić information content (AvgIpc) is 2.15. The largest absolute Gasteiger partial charge is 0.376 e. The molecule has 50 valence electrons. The maximum atomic E-state index is 8.51. The van der Waals surface area contributed by atoms with E-state index in [4.69, 9.17) is 28.3 Å². The summed E-state index contributed by atoms with van der Waals surface area (Å²) in [5.41, 5.74) is 0. The Bertz CT molecular complexity index is 210. The minimum Gasteiger partial charge on any atom is -0.376 e. The lowest BCUT2D eigenvalue weighted by molar-refractivity contribution is 0.210. The Balaban J connectivity index is 3.04. The fourth-order valence-corrected chi connectivity index (χ4v) is 0.740. The van der Waals surface area contributed by atoms with Gasteiger partial charge in [0, 0.05) is 0 Å². The Labute approximate surface area is 61.8 Å². The van der Waals surface area contributed by atoms with Gasteiger partial charge in [-0.2, -0.15) is 0 Å². The molecule has 1 aromatic heterocycles. The fourth-order valence-electron chi connectivity index (χ4n) is 0.441. The maximum absolute atomic E-state index is 8.51. The number of aromatic nitrogens is 2. The quantitative estimate of drug-likeness (QED) is 0.680. The molecule has 1 heterocycles. The summed E-state index contributed by atoms with van der Waals surface area (Å²) < 4.78 is 1.32. The van der Waals surface area contributed by atoms with Crippen LogP contribution in [0.15, 0.2) is 6.33 Å². The zero-order chi connectivity index (χ0) is 6.85. The summed E-state index contributed by atoms with van der Waals surface area (Å²) >= 11 is 11.0. The summed E-state index contributed by atoms with van der Waals surface area (Å²) in [5.74, 6) is 0. The van der Waals surface area contributed by atoms with Crippen LogP contribution >= 0.6 is 23.2 Å². The fraction of sp³-hybridized carbons (Fsp3) is 0.250. The smallest absolute Gasteiger partial charge is 0.166 e. The van der Waals surface area contributed by atoms with Gasteiger partial charge in [-0.25, -0.2) is 4.98 Å². The van der Waals surface area contributed by atoms with Gasteiger partial charge in [0.05, 0.1) is 6.33 Å². The van der Waals surface area contributed by atoms with E-state index in [0.717, 1.165) is 0 Å². The van der Waals surface area contributed by atoms with Gasteiger partial charge in [-0.05, 0) is 0 Å². The monoisotopic (exact) mass is 166 g/mol. The molecule has 0 radical (unpaired) electrons. The molecule has 3 nitrogen and oxygen atoms in total. The molecule has 1 rings (SSSR count). The first kappa shape index (κ1) is 6.86. The second-order valence-corrected chi connectivity index (χ2v) is 2.15. The van der Waals surface area contributed by atoms with Crippen LogP contribution in [0.1, 0.15) is 0 Å². The van der Waals surface area contributed by atoms with E-state index in [1.54, 1.807) is 0 Å². The number of rotatable bonds is 1. The van der Waals surface area contributed by atoms with Crippen LogP contribution in [0.3, 0.4) is 0 Å². The van der Waals surface area contributed by atoms with E-state index in [1.807, 2.05) is 0 Å². The van der Waals surface area contributed by atoms with Gasteiger partial charge in [-0.15, -0.1) is 0 Å². The van der Waals surface area contributed by atoms with E-state index in [9.17, 15) is 0 Å². The van der Waals surface area contributed by atoms with Gasteiger partial charge in [0.15, 0.2) is 5.15 Å². The summed E-state index contributed by atoms with van der Waals surface area (Å²) in [6.07, 6.45) is 1.37. The predicted octanol–water partition coefficient (Wildman–Crippen LogP) is 1.14. The van der Waals surface area contributed by atoms with Crippen LogP contribution in [0.4, 0.5) is 0 Å². The Kier molecular flexibility index (Phi) is 1.95. The number of aliphatic hydroxyl groups excluding tert-OH is 1. The molecule has 0 aromatic carbocycles. The Morgan fingerprint density at radius 1 is 1.67 bits per heavy atom. The highest BCUT2D eigenvalue weighted by Gasteiger charge is 2.02. The first-order chi connectivity index (χ1) is 4.25. The molecule has 9 heavy (non-hydrogen) atoms. The molecule has 0 unspecified atom stereocenters. The topological polar surface area (TPSA) is 38.0 Å². The SMILES string of the molecule is OCn1cnc(Cl)c1Cl. The lowest BCUT2D eigenvalue weighted by Crippen LogP contribution is -1.92. The van der Waals surface area contributed by atoms with E-state index in [0.29, 0.717) is 0 Å². The van der Waals surface area contributed by atoms with Gasteiger partial charge in [0.2, 0.25) is 0 Å². The molecule has 0 spiro atoms. The molecule has 1 N–H and O–H groups in total. The molecule has 1 aromatic rings. The molecular formula is C4H4Cl2N2O. The molecule has 0 saturated carbocycles. The van der Waals surface area contributed by atoms with Crippen LogP contribution in [-0.4, -0.2) is 14.7 Å². The zero-order valence-corrected chi connectivity index (χ0v) is 5.89. The van der Waals surface area contributed by atoms with Crippen molar-refractivity contribution in [2.45, 2.75) is 6.73 Å². The van der Waals surface area contributed by atoms with E-state index in [1.165, 1.54) is 10.9 Å². The number of halogens is 2. The summed E-state index contributed by atoms with van der Waals surface area (Å²) in [5, 5.41) is 8.99. The third-order valence-electron chi connectivity index (χ3n) is 0.885. The Morgan fingerprint density at radius 2 is 2.33 bits per heavy atom. The van der Waals surface area contributed by atoms with Crippen LogP contribution in [0.5, 0.6) is 0 Å². The number of aliphatic hydroxyl groups is 1. The molecule has 0 atom stereocenters. The van der Waals surface area contributed by atoms with E-state index in [-0.39, 0.29) is 17.0 Å². The van der Waals surface area contributed by atoms with E-state index in [2.05, 4.69) is 4.98 Å². The van der Waals surface area contributed by atoms with Crippen molar-refractivity contribution in [1.82, 2.24) is 9.55 Å². The summed E-state index contributed by atoms with van der Waals surface area (Å²) in [6.45, 7) is -0.196. The number of imidazole rings is 1.